The predicted octanol–water partition coefficient (Wildman–Crippen LogP) is 5.22. The first kappa shape index (κ1) is 22.7. The molecule has 0 amide bonds. The van der Waals surface area contributed by atoms with Crippen LogP contribution in [0.1, 0.15) is 40.9 Å². The van der Waals surface area contributed by atoms with Crippen LogP contribution in [0.15, 0.2) is 42.5 Å². The Morgan fingerprint density at radius 3 is 2.21 bits per heavy atom. The molecule has 29 heavy (non-hydrogen) atoms. The molecule has 0 aliphatic rings. The van der Waals surface area contributed by atoms with Gasteiger partial charge < -0.3 is 14.6 Å². The molecule has 0 saturated carbocycles. The van der Waals surface area contributed by atoms with Crippen molar-refractivity contribution in [2.45, 2.75) is 33.3 Å². The van der Waals surface area contributed by atoms with Crippen LogP contribution in [0, 0.1) is 13.8 Å². The summed E-state index contributed by atoms with van der Waals surface area (Å²) in [5.74, 6) is 0.116. The summed E-state index contributed by atoms with van der Waals surface area (Å²) >= 11 is 3.30. The number of aliphatic carboxylic acids is 1. The molecule has 0 unspecified atom stereocenters. The summed E-state index contributed by atoms with van der Waals surface area (Å²) in [6, 6.07) is 10.7. The molecule has 0 aliphatic carbocycles. The smallest absolute Gasteiger partial charge is 0.347 e. The Bertz CT molecular complexity index is 890. The number of carbonyl (C=O) groups is 2. The molecule has 0 saturated heterocycles. The highest BCUT2D eigenvalue weighted by molar-refractivity contribution is 9.09. The van der Waals surface area contributed by atoms with Gasteiger partial charge in [0.25, 0.3) is 0 Å². The number of carbonyl (C=O) groups excluding carboxylic acids is 1. The van der Waals surface area contributed by atoms with E-state index in [1.165, 1.54) is 19.9 Å². The van der Waals surface area contributed by atoms with Crippen LogP contribution >= 0.6 is 15.9 Å². The molecule has 2 aromatic rings. The maximum Gasteiger partial charge on any atom is 0.347 e. The van der Waals surface area contributed by atoms with Crippen molar-refractivity contribution >= 4 is 33.8 Å². The first-order chi connectivity index (χ1) is 13.6. The molecular weight excluding hydrogens is 436 g/mol. The molecule has 0 atom stereocenters. The number of rotatable bonds is 9. The van der Waals surface area contributed by atoms with Crippen molar-refractivity contribution in [2.24, 2.45) is 0 Å². The van der Waals surface area contributed by atoms with Crippen LogP contribution in [0.2, 0.25) is 0 Å². The highest BCUT2D eigenvalue weighted by atomic mass is 79.9. The minimum atomic E-state index is -1.33. The zero-order valence-corrected chi connectivity index (χ0v) is 18.6. The number of carboxylic acid groups (broad SMARTS) is 1. The van der Waals surface area contributed by atoms with Crippen LogP contribution < -0.4 is 9.47 Å². The van der Waals surface area contributed by atoms with E-state index in [-0.39, 0.29) is 5.78 Å². The molecule has 0 bridgehead atoms. The second-order valence-corrected chi connectivity index (χ2v) is 7.95. The lowest BCUT2D eigenvalue weighted by molar-refractivity contribution is -0.152. The second kappa shape index (κ2) is 9.74. The number of aryl methyl sites for hydroxylation is 2. The summed E-state index contributed by atoms with van der Waals surface area (Å²) in [6.45, 7) is 7.29. The van der Waals surface area contributed by atoms with Crippen LogP contribution in [-0.4, -0.2) is 34.4 Å². The van der Waals surface area contributed by atoms with Crippen LogP contribution in [0.4, 0.5) is 0 Å². The maximum absolute atomic E-state index is 12.4. The number of hydrogen-bond acceptors (Lipinski definition) is 4. The Morgan fingerprint density at radius 2 is 1.69 bits per heavy atom. The third-order valence-electron chi connectivity index (χ3n) is 4.27. The number of benzene rings is 2. The van der Waals surface area contributed by atoms with Gasteiger partial charge in [-0.25, -0.2) is 4.79 Å². The largest absolute Gasteiger partial charge is 0.493 e. The van der Waals surface area contributed by atoms with Crippen LogP contribution in [0.3, 0.4) is 0 Å². The first-order valence-corrected chi connectivity index (χ1v) is 10.3. The molecule has 0 radical (unpaired) electrons. The monoisotopic (exact) mass is 460 g/mol. The number of halogens is 1. The van der Waals surface area contributed by atoms with Gasteiger partial charge in [0, 0.05) is 10.9 Å². The highest BCUT2D eigenvalue weighted by Crippen LogP contribution is 2.29. The normalized spacial score (nSPS) is 11.5. The van der Waals surface area contributed by atoms with E-state index in [0.717, 1.165) is 27.8 Å². The SMILES string of the molecule is Cc1cc(C=CC(=O)c2ccc(OCCBr)cc2)cc(C)c1OC(C)(C)C(=O)O. The van der Waals surface area contributed by atoms with Gasteiger partial charge in [0.2, 0.25) is 0 Å². The summed E-state index contributed by atoms with van der Waals surface area (Å²) in [5.41, 5.74) is 1.70. The maximum atomic E-state index is 12.4. The second-order valence-electron chi connectivity index (χ2n) is 7.16. The van der Waals surface area contributed by atoms with Crippen molar-refractivity contribution in [1.82, 2.24) is 0 Å². The van der Waals surface area contributed by atoms with Gasteiger partial charge in [0.15, 0.2) is 11.4 Å². The molecule has 154 valence electrons. The van der Waals surface area contributed by atoms with E-state index in [2.05, 4.69) is 15.9 Å². The van der Waals surface area contributed by atoms with E-state index >= 15 is 0 Å². The molecule has 2 rings (SSSR count). The number of alkyl halides is 1. The minimum Gasteiger partial charge on any atom is -0.493 e. The van der Waals surface area contributed by atoms with E-state index < -0.39 is 11.6 Å². The Labute approximate surface area is 179 Å². The summed E-state index contributed by atoms with van der Waals surface area (Å²) in [4.78, 5) is 23.7. The first-order valence-electron chi connectivity index (χ1n) is 9.19. The average molecular weight is 461 g/mol. The van der Waals surface area contributed by atoms with E-state index in [1.54, 1.807) is 30.3 Å². The average Bonchev–Trinajstić information content (AvgIpc) is 2.67. The quantitative estimate of drug-likeness (QED) is 0.315. The highest BCUT2D eigenvalue weighted by Gasteiger charge is 2.30. The van der Waals surface area contributed by atoms with Gasteiger partial charge in [-0.05, 0) is 86.9 Å². The zero-order valence-electron chi connectivity index (χ0n) is 17.0. The van der Waals surface area contributed by atoms with Crippen molar-refractivity contribution in [3.8, 4) is 11.5 Å². The summed E-state index contributed by atoms with van der Waals surface area (Å²) < 4.78 is 11.2. The van der Waals surface area contributed by atoms with Gasteiger partial charge in [0.1, 0.15) is 11.5 Å². The predicted molar refractivity (Wildman–Crippen MR) is 117 cm³/mol. The third-order valence-corrected chi connectivity index (χ3v) is 4.59. The van der Waals surface area contributed by atoms with Crippen molar-refractivity contribution < 1.29 is 24.2 Å². The number of ether oxygens (including phenoxy) is 2. The van der Waals surface area contributed by atoms with Crippen LogP contribution in [0.25, 0.3) is 6.08 Å². The van der Waals surface area contributed by atoms with Crippen molar-refractivity contribution in [2.75, 3.05) is 11.9 Å². The summed E-state index contributed by atoms with van der Waals surface area (Å²) in [7, 11) is 0. The van der Waals surface area contributed by atoms with Gasteiger partial charge in [0.05, 0.1) is 6.61 Å². The molecule has 6 heteroatoms. The lowest BCUT2D eigenvalue weighted by atomic mass is 10.0. The van der Waals surface area contributed by atoms with Crippen molar-refractivity contribution in [3.63, 3.8) is 0 Å². The molecule has 0 aromatic heterocycles. The third kappa shape index (κ3) is 6.19. The molecule has 0 fully saturated rings. The van der Waals surface area contributed by atoms with Crippen molar-refractivity contribution in [3.05, 3.63) is 64.7 Å². The fourth-order valence-electron chi connectivity index (χ4n) is 2.68. The number of carboxylic acids is 1. The number of hydrogen-bond donors (Lipinski definition) is 1. The Hall–Kier alpha value is -2.60. The number of ketones is 1. The lowest BCUT2D eigenvalue weighted by Gasteiger charge is -2.24. The molecule has 0 spiro atoms. The van der Waals surface area contributed by atoms with E-state index in [0.29, 0.717) is 17.9 Å². The van der Waals surface area contributed by atoms with Gasteiger partial charge in [-0.3, -0.25) is 4.79 Å². The van der Waals surface area contributed by atoms with Gasteiger partial charge in [-0.2, -0.15) is 0 Å². The molecule has 1 N–H and O–H groups in total. The molecule has 2 aromatic carbocycles. The Morgan fingerprint density at radius 1 is 1.10 bits per heavy atom. The Kier molecular flexibility index (Phi) is 7.62. The fraction of sp³-hybridized carbons (Fsp3) is 0.304. The molecule has 0 heterocycles. The van der Waals surface area contributed by atoms with Crippen molar-refractivity contribution in [1.29, 1.82) is 0 Å². The van der Waals surface area contributed by atoms with E-state index in [1.807, 2.05) is 26.0 Å². The van der Waals surface area contributed by atoms with Crippen LogP contribution in [-0.2, 0) is 4.79 Å². The fourth-order valence-corrected chi connectivity index (χ4v) is 2.84. The summed E-state index contributed by atoms with van der Waals surface area (Å²) in [6.07, 6.45) is 3.26. The topological polar surface area (TPSA) is 72.8 Å². The lowest BCUT2D eigenvalue weighted by Crippen LogP contribution is -2.38. The van der Waals surface area contributed by atoms with Crippen LogP contribution in [0.5, 0.6) is 11.5 Å². The zero-order chi connectivity index (χ0) is 21.6. The van der Waals surface area contributed by atoms with Gasteiger partial charge in [-0.15, -0.1) is 0 Å². The standard InChI is InChI=1S/C23H25BrO5/c1-15-13-17(14-16(2)21(15)29-23(3,4)22(26)27)5-10-20(25)18-6-8-19(9-7-18)28-12-11-24/h5-10,13-14H,11-12H2,1-4H3,(H,26,27). The van der Waals surface area contributed by atoms with E-state index in [4.69, 9.17) is 9.47 Å². The summed E-state index contributed by atoms with van der Waals surface area (Å²) in [5, 5.41) is 10.0. The minimum absolute atomic E-state index is 0.111. The molecule has 5 nitrogen and oxygen atoms in total. The Balaban J connectivity index is 2.14. The van der Waals surface area contributed by atoms with E-state index in [9.17, 15) is 14.7 Å². The molecule has 0 aliphatic heterocycles. The molecular formula is C23H25BrO5. The number of allylic oxidation sites excluding steroid dienone is 1. The van der Waals surface area contributed by atoms with Gasteiger partial charge >= 0.3 is 5.97 Å². The van der Waals surface area contributed by atoms with Gasteiger partial charge in [-0.1, -0.05) is 22.0 Å².